The van der Waals surface area contributed by atoms with E-state index in [1.165, 1.54) is 36.4 Å². The first-order chi connectivity index (χ1) is 10.6. The Bertz CT molecular complexity index is 616. The summed E-state index contributed by atoms with van der Waals surface area (Å²) in [7, 11) is 0. The molecule has 0 radical (unpaired) electrons. The van der Waals surface area contributed by atoms with Crippen molar-refractivity contribution in [2.75, 3.05) is 24.6 Å². The van der Waals surface area contributed by atoms with Crippen molar-refractivity contribution in [2.24, 2.45) is 5.92 Å². The molecule has 22 heavy (non-hydrogen) atoms. The molecule has 1 amide bonds. The number of amides is 1. The monoisotopic (exact) mass is 318 g/mol. The summed E-state index contributed by atoms with van der Waals surface area (Å²) in [5.74, 6) is -1.00. The van der Waals surface area contributed by atoms with Crippen molar-refractivity contribution in [3.05, 3.63) is 41.7 Å². The zero-order chi connectivity index (χ0) is 15.9. The number of hydrogen-bond donors (Lipinski definition) is 0. The van der Waals surface area contributed by atoms with E-state index in [4.69, 9.17) is 5.26 Å². The van der Waals surface area contributed by atoms with Crippen LogP contribution in [0.3, 0.4) is 0 Å². The molecular weight excluding hydrogens is 303 g/mol. The highest BCUT2D eigenvalue weighted by Gasteiger charge is 2.29. The second-order valence-electron chi connectivity index (χ2n) is 4.79. The highest BCUT2D eigenvalue weighted by molar-refractivity contribution is 7.99. The van der Waals surface area contributed by atoms with E-state index < -0.39 is 17.6 Å². The van der Waals surface area contributed by atoms with E-state index in [0.29, 0.717) is 18.7 Å². The molecule has 6 heteroatoms. The largest absolute Gasteiger partial charge is 0.339 e. The number of allylic oxidation sites excluding steroid dienone is 1. The molecule has 1 unspecified atom stereocenters. The van der Waals surface area contributed by atoms with Crippen LogP contribution in [0.15, 0.2) is 30.3 Å². The number of benzene rings is 1. The minimum Gasteiger partial charge on any atom is -0.339 e. The molecule has 2 rings (SSSR count). The number of rotatable bonds is 4. The van der Waals surface area contributed by atoms with Crippen LogP contribution >= 0.6 is 11.8 Å². The summed E-state index contributed by atoms with van der Waals surface area (Å²) in [5.41, 5.74) is 0.633. The number of carbonyl (C=O) groups excluding carboxylic acids is 2. The van der Waals surface area contributed by atoms with Gasteiger partial charge < -0.3 is 4.90 Å². The fourth-order valence-corrected chi connectivity index (χ4v) is 2.96. The van der Waals surface area contributed by atoms with Gasteiger partial charge in [0, 0.05) is 24.6 Å². The number of nitrogens with zero attached hydrogens (tertiary/aromatic N) is 2. The summed E-state index contributed by atoms with van der Waals surface area (Å²) >= 11 is 1.75. The van der Waals surface area contributed by atoms with Gasteiger partial charge in [0.1, 0.15) is 5.82 Å². The second-order valence-corrected chi connectivity index (χ2v) is 6.01. The SMILES string of the molecule is N#CC(C(=O)/C=C/c1ccc(F)cc1)C(=O)N1CCSCC1. The van der Waals surface area contributed by atoms with Crippen molar-refractivity contribution in [1.82, 2.24) is 4.90 Å². The summed E-state index contributed by atoms with van der Waals surface area (Å²) in [5, 5.41) is 9.12. The molecule has 1 fully saturated rings. The first-order valence-corrected chi connectivity index (χ1v) is 8.01. The van der Waals surface area contributed by atoms with Gasteiger partial charge in [-0.05, 0) is 23.8 Å². The Hall–Kier alpha value is -2.13. The van der Waals surface area contributed by atoms with E-state index >= 15 is 0 Å². The summed E-state index contributed by atoms with van der Waals surface area (Å²) in [6.45, 7) is 1.13. The smallest absolute Gasteiger partial charge is 0.247 e. The van der Waals surface area contributed by atoms with Crippen LogP contribution in [-0.4, -0.2) is 41.2 Å². The second kappa shape index (κ2) is 7.76. The number of nitriles is 1. The molecule has 0 aromatic heterocycles. The Labute approximate surface area is 132 Å². The molecule has 0 spiro atoms. The molecule has 4 nitrogen and oxygen atoms in total. The molecular formula is C16H15FN2O2S. The Kier molecular flexibility index (Phi) is 5.73. The molecule has 1 saturated heterocycles. The third kappa shape index (κ3) is 4.18. The molecule has 1 atom stereocenters. The van der Waals surface area contributed by atoms with E-state index in [1.807, 2.05) is 0 Å². The van der Waals surface area contributed by atoms with Crippen LogP contribution in [0.25, 0.3) is 6.08 Å². The molecule has 1 aromatic carbocycles. The van der Waals surface area contributed by atoms with Crippen LogP contribution < -0.4 is 0 Å². The van der Waals surface area contributed by atoms with E-state index in [2.05, 4.69) is 0 Å². The average molecular weight is 318 g/mol. The normalized spacial score (nSPS) is 16.3. The van der Waals surface area contributed by atoms with Gasteiger partial charge in [0.15, 0.2) is 11.7 Å². The Morgan fingerprint density at radius 3 is 2.50 bits per heavy atom. The first kappa shape index (κ1) is 16.2. The zero-order valence-corrected chi connectivity index (χ0v) is 12.7. The highest BCUT2D eigenvalue weighted by atomic mass is 32.2. The number of thioether (sulfide) groups is 1. The van der Waals surface area contributed by atoms with Crippen LogP contribution in [0.5, 0.6) is 0 Å². The van der Waals surface area contributed by atoms with Gasteiger partial charge in [0.2, 0.25) is 5.91 Å². The summed E-state index contributed by atoms with van der Waals surface area (Å²) in [4.78, 5) is 25.8. The van der Waals surface area contributed by atoms with E-state index in [-0.39, 0.29) is 5.82 Å². The molecule has 1 aliphatic heterocycles. The number of halogens is 1. The quantitative estimate of drug-likeness (QED) is 0.630. The van der Waals surface area contributed by atoms with Gasteiger partial charge in [-0.3, -0.25) is 9.59 Å². The summed E-state index contributed by atoms with van der Waals surface area (Å²) in [6, 6.07) is 7.38. The minimum absolute atomic E-state index is 0.364. The topological polar surface area (TPSA) is 61.2 Å². The molecule has 114 valence electrons. The van der Waals surface area contributed by atoms with Gasteiger partial charge in [0.25, 0.3) is 0 Å². The minimum atomic E-state index is -1.31. The molecule has 0 bridgehead atoms. The molecule has 0 N–H and O–H groups in total. The van der Waals surface area contributed by atoms with Crippen molar-refractivity contribution >= 4 is 29.5 Å². The van der Waals surface area contributed by atoms with Crippen molar-refractivity contribution < 1.29 is 14.0 Å². The predicted octanol–water partition coefficient (Wildman–Crippen LogP) is 2.12. The standard InChI is InChI=1S/C16H15FN2O2S/c17-13-4-1-12(2-5-13)3-6-15(20)14(11-18)16(21)19-7-9-22-10-8-19/h1-6,14H,7-10H2/b6-3+. The Morgan fingerprint density at radius 1 is 1.27 bits per heavy atom. The fourth-order valence-electron chi connectivity index (χ4n) is 2.06. The molecule has 0 aliphatic carbocycles. The zero-order valence-electron chi connectivity index (χ0n) is 11.9. The maximum Gasteiger partial charge on any atom is 0.247 e. The highest BCUT2D eigenvalue weighted by Crippen LogP contribution is 2.14. The number of carbonyl (C=O) groups is 2. The van der Waals surface area contributed by atoms with Crippen molar-refractivity contribution in [2.45, 2.75) is 0 Å². The van der Waals surface area contributed by atoms with Gasteiger partial charge in [0.05, 0.1) is 6.07 Å². The summed E-state index contributed by atoms with van der Waals surface area (Å²) < 4.78 is 12.8. The molecule has 1 heterocycles. The van der Waals surface area contributed by atoms with Gasteiger partial charge >= 0.3 is 0 Å². The van der Waals surface area contributed by atoms with Gasteiger partial charge in [-0.25, -0.2) is 4.39 Å². The lowest BCUT2D eigenvalue weighted by atomic mass is 10.0. The van der Waals surface area contributed by atoms with Crippen molar-refractivity contribution in [3.63, 3.8) is 0 Å². The third-order valence-electron chi connectivity index (χ3n) is 3.29. The van der Waals surface area contributed by atoms with Gasteiger partial charge in [-0.2, -0.15) is 17.0 Å². The summed E-state index contributed by atoms with van der Waals surface area (Å²) in [6.07, 6.45) is 2.68. The van der Waals surface area contributed by atoms with E-state index in [9.17, 15) is 14.0 Å². The maximum atomic E-state index is 12.8. The van der Waals surface area contributed by atoms with Crippen LogP contribution in [0.2, 0.25) is 0 Å². The van der Waals surface area contributed by atoms with Crippen LogP contribution in [-0.2, 0) is 9.59 Å². The van der Waals surface area contributed by atoms with E-state index in [0.717, 1.165) is 11.5 Å². The van der Waals surface area contributed by atoms with Crippen LogP contribution in [0, 0.1) is 23.1 Å². The lowest BCUT2D eigenvalue weighted by molar-refractivity contribution is -0.137. The van der Waals surface area contributed by atoms with Gasteiger partial charge in [-0.15, -0.1) is 0 Å². The number of hydrogen-bond acceptors (Lipinski definition) is 4. The average Bonchev–Trinajstić information content (AvgIpc) is 2.55. The van der Waals surface area contributed by atoms with Crippen LogP contribution in [0.4, 0.5) is 4.39 Å². The molecule has 0 saturated carbocycles. The lowest BCUT2D eigenvalue weighted by Crippen LogP contribution is -2.43. The number of ketones is 1. The Morgan fingerprint density at radius 2 is 1.91 bits per heavy atom. The molecule has 1 aliphatic rings. The third-order valence-corrected chi connectivity index (χ3v) is 4.24. The Balaban J connectivity index is 2.03. The van der Waals surface area contributed by atoms with Gasteiger partial charge in [-0.1, -0.05) is 18.2 Å². The predicted molar refractivity (Wildman–Crippen MR) is 83.4 cm³/mol. The molecule has 1 aromatic rings. The van der Waals surface area contributed by atoms with Crippen molar-refractivity contribution in [1.29, 1.82) is 5.26 Å². The van der Waals surface area contributed by atoms with Crippen LogP contribution in [0.1, 0.15) is 5.56 Å². The first-order valence-electron chi connectivity index (χ1n) is 6.85. The van der Waals surface area contributed by atoms with E-state index in [1.54, 1.807) is 22.7 Å². The fraction of sp³-hybridized carbons (Fsp3) is 0.312. The van der Waals surface area contributed by atoms with Crippen molar-refractivity contribution in [3.8, 4) is 6.07 Å². The lowest BCUT2D eigenvalue weighted by Gasteiger charge is -2.27. The maximum absolute atomic E-state index is 12.8.